The number of rotatable bonds is 7. The first-order valence-electron chi connectivity index (χ1n) is 8.05. The average Bonchev–Trinajstić information content (AvgIpc) is 2.63. The Bertz CT molecular complexity index is 982. The van der Waals surface area contributed by atoms with Crippen molar-refractivity contribution in [2.45, 2.75) is 13.0 Å². The standard InChI is InChI=1S/C18H20F2N2O5S/c1-11(18(23)21-16-10-13(26-2)6-8-17(16)27-3)22(28(4,24)25)12-5-7-14(19)15(20)9-12/h5-11H,1-4H3,(H,21,23)/t11-/m1/s1. The zero-order valence-corrected chi connectivity index (χ0v) is 16.5. The maximum atomic E-state index is 13.6. The van der Waals surface area contributed by atoms with E-state index in [9.17, 15) is 22.0 Å². The van der Waals surface area contributed by atoms with Crippen molar-refractivity contribution in [1.82, 2.24) is 0 Å². The minimum atomic E-state index is -3.99. The summed E-state index contributed by atoms with van der Waals surface area (Å²) in [6.45, 7) is 1.32. The second-order valence-corrected chi connectivity index (χ2v) is 7.75. The van der Waals surface area contributed by atoms with E-state index >= 15 is 0 Å². The lowest BCUT2D eigenvalue weighted by molar-refractivity contribution is -0.116. The number of hydrogen-bond acceptors (Lipinski definition) is 5. The Morgan fingerprint density at radius 2 is 1.75 bits per heavy atom. The largest absolute Gasteiger partial charge is 0.497 e. The smallest absolute Gasteiger partial charge is 0.248 e. The first-order valence-corrected chi connectivity index (χ1v) is 9.90. The number of carbonyl (C=O) groups excluding carboxylic acids is 1. The fourth-order valence-electron chi connectivity index (χ4n) is 2.58. The molecule has 0 aliphatic rings. The van der Waals surface area contributed by atoms with E-state index in [-0.39, 0.29) is 11.4 Å². The Morgan fingerprint density at radius 1 is 1.07 bits per heavy atom. The van der Waals surface area contributed by atoms with Crippen molar-refractivity contribution in [1.29, 1.82) is 0 Å². The van der Waals surface area contributed by atoms with E-state index in [1.807, 2.05) is 0 Å². The van der Waals surface area contributed by atoms with Crippen LogP contribution in [0.3, 0.4) is 0 Å². The van der Waals surface area contributed by atoms with Crippen molar-refractivity contribution in [3.63, 3.8) is 0 Å². The van der Waals surface area contributed by atoms with Gasteiger partial charge in [0.2, 0.25) is 15.9 Å². The van der Waals surface area contributed by atoms with Crippen LogP contribution in [-0.2, 0) is 14.8 Å². The van der Waals surface area contributed by atoms with Gasteiger partial charge < -0.3 is 14.8 Å². The highest BCUT2D eigenvalue weighted by molar-refractivity contribution is 7.92. The summed E-state index contributed by atoms with van der Waals surface area (Å²) in [5.74, 6) is -2.28. The molecule has 152 valence electrons. The summed E-state index contributed by atoms with van der Waals surface area (Å²) in [6, 6.07) is 6.02. The van der Waals surface area contributed by atoms with Crippen LogP contribution in [0.5, 0.6) is 11.5 Å². The third-order valence-corrected chi connectivity index (χ3v) is 5.15. The normalized spacial score (nSPS) is 12.2. The molecule has 7 nitrogen and oxygen atoms in total. The maximum absolute atomic E-state index is 13.6. The first kappa shape index (κ1) is 21.4. The van der Waals surface area contributed by atoms with Crippen molar-refractivity contribution < 1.29 is 31.5 Å². The number of nitrogens with zero attached hydrogens (tertiary/aromatic N) is 1. The summed E-state index contributed by atoms with van der Waals surface area (Å²) in [4.78, 5) is 12.7. The molecule has 1 amide bonds. The molecule has 0 aliphatic carbocycles. The monoisotopic (exact) mass is 414 g/mol. The van der Waals surface area contributed by atoms with Crippen molar-refractivity contribution in [2.24, 2.45) is 0 Å². The van der Waals surface area contributed by atoms with Crippen LogP contribution >= 0.6 is 0 Å². The Morgan fingerprint density at radius 3 is 2.29 bits per heavy atom. The summed E-state index contributed by atoms with van der Waals surface area (Å²) in [5.41, 5.74) is 0.0825. The van der Waals surface area contributed by atoms with Crippen LogP contribution in [0.15, 0.2) is 36.4 Å². The van der Waals surface area contributed by atoms with Gasteiger partial charge in [0.1, 0.15) is 17.5 Å². The molecule has 0 aromatic heterocycles. The number of halogens is 2. The molecule has 0 aliphatic heterocycles. The van der Waals surface area contributed by atoms with Gasteiger partial charge in [-0.2, -0.15) is 0 Å². The molecule has 1 atom stereocenters. The lowest BCUT2D eigenvalue weighted by Crippen LogP contribution is -2.45. The van der Waals surface area contributed by atoms with Gasteiger partial charge in [-0.25, -0.2) is 17.2 Å². The maximum Gasteiger partial charge on any atom is 0.248 e. The number of sulfonamides is 1. The van der Waals surface area contributed by atoms with E-state index in [1.54, 1.807) is 12.1 Å². The van der Waals surface area contributed by atoms with E-state index in [0.717, 1.165) is 18.4 Å². The summed E-state index contributed by atoms with van der Waals surface area (Å²) in [5, 5.41) is 2.57. The van der Waals surface area contributed by atoms with Crippen LogP contribution in [0, 0.1) is 11.6 Å². The second kappa shape index (κ2) is 8.42. The summed E-state index contributed by atoms with van der Waals surface area (Å²) >= 11 is 0. The molecule has 0 heterocycles. The molecule has 0 radical (unpaired) electrons. The summed E-state index contributed by atoms with van der Waals surface area (Å²) in [7, 11) is -1.13. The van der Waals surface area contributed by atoms with Crippen molar-refractivity contribution >= 4 is 27.3 Å². The number of nitrogens with one attached hydrogen (secondary N) is 1. The molecule has 2 aromatic carbocycles. The molecule has 28 heavy (non-hydrogen) atoms. The molecule has 2 aromatic rings. The van der Waals surface area contributed by atoms with Gasteiger partial charge in [-0.3, -0.25) is 9.10 Å². The molecular formula is C18H20F2N2O5S. The number of anilines is 2. The molecule has 0 unspecified atom stereocenters. The molecule has 0 fully saturated rings. The van der Waals surface area contributed by atoms with Gasteiger partial charge in [-0.05, 0) is 31.2 Å². The third kappa shape index (κ3) is 4.69. The van der Waals surface area contributed by atoms with Crippen LogP contribution in [0.1, 0.15) is 6.92 Å². The summed E-state index contributed by atoms with van der Waals surface area (Å²) < 4.78 is 62.3. The number of carbonyl (C=O) groups is 1. The fraction of sp³-hybridized carbons (Fsp3) is 0.278. The number of hydrogen-bond donors (Lipinski definition) is 1. The SMILES string of the molecule is COc1ccc(OC)c(NC(=O)[C@@H](C)N(c2ccc(F)c(F)c2)S(C)(=O)=O)c1. The molecule has 0 bridgehead atoms. The van der Waals surface area contributed by atoms with Gasteiger partial charge in [0.15, 0.2) is 11.6 Å². The van der Waals surface area contributed by atoms with E-state index in [2.05, 4.69) is 5.32 Å². The predicted octanol–water partition coefficient (Wildman–Crippen LogP) is 2.78. The molecule has 10 heteroatoms. The number of benzene rings is 2. The molecule has 2 rings (SSSR count). The van der Waals surface area contributed by atoms with Crippen molar-refractivity contribution in [2.75, 3.05) is 30.1 Å². The minimum Gasteiger partial charge on any atom is -0.497 e. The van der Waals surface area contributed by atoms with Gasteiger partial charge >= 0.3 is 0 Å². The van der Waals surface area contributed by atoms with Gasteiger partial charge in [0, 0.05) is 12.1 Å². The highest BCUT2D eigenvalue weighted by Gasteiger charge is 2.30. The van der Waals surface area contributed by atoms with Gasteiger partial charge in [-0.1, -0.05) is 0 Å². The Kier molecular flexibility index (Phi) is 6.45. The number of methoxy groups -OCH3 is 2. The molecule has 1 N–H and O–H groups in total. The Balaban J connectivity index is 2.38. The van der Waals surface area contributed by atoms with E-state index in [1.165, 1.54) is 27.2 Å². The quantitative estimate of drug-likeness (QED) is 0.753. The lowest BCUT2D eigenvalue weighted by atomic mass is 10.2. The summed E-state index contributed by atoms with van der Waals surface area (Å²) in [6.07, 6.45) is 0.865. The molecule has 0 saturated carbocycles. The minimum absolute atomic E-state index is 0.179. The molecule has 0 saturated heterocycles. The van der Waals surface area contributed by atoms with Crippen LogP contribution < -0.4 is 19.1 Å². The number of amides is 1. The van der Waals surface area contributed by atoms with E-state index in [0.29, 0.717) is 21.9 Å². The first-order chi connectivity index (χ1) is 13.1. The van der Waals surface area contributed by atoms with Crippen LogP contribution in [-0.4, -0.2) is 40.8 Å². The predicted molar refractivity (Wildman–Crippen MR) is 101 cm³/mol. The average molecular weight is 414 g/mol. The fourth-order valence-corrected chi connectivity index (χ4v) is 3.75. The highest BCUT2D eigenvalue weighted by atomic mass is 32.2. The lowest BCUT2D eigenvalue weighted by Gasteiger charge is -2.28. The second-order valence-electron chi connectivity index (χ2n) is 5.89. The Hall–Kier alpha value is -2.88. The van der Waals surface area contributed by atoms with Crippen molar-refractivity contribution in [3.8, 4) is 11.5 Å². The molecular weight excluding hydrogens is 394 g/mol. The number of ether oxygens (including phenoxy) is 2. The van der Waals surface area contributed by atoms with Gasteiger partial charge in [0.05, 0.1) is 31.9 Å². The highest BCUT2D eigenvalue weighted by Crippen LogP contribution is 2.30. The third-order valence-electron chi connectivity index (χ3n) is 3.91. The topological polar surface area (TPSA) is 84.9 Å². The van der Waals surface area contributed by atoms with Gasteiger partial charge in [0.25, 0.3) is 0 Å². The van der Waals surface area contributed by atoms with Crippen LogP contribution in [0.25, 0.3) is 0 Å². The van der Waals surface area contributed by atoms with Crippen molar-refractivity contribution in [3.05, 3.63) is 48.0 Å². The molecule has 0 spiro atoms. The van der Waals surface area contributed by atoms with Gasteiger partial charge in [-0.15, -0.1) is 0 Å². The zero-order chi connectivity index (χ0) is 21.1. The zero-order valence-electron chi connectivity index (χ0n) is 15.7. The van der Waals surface area contributed by atoms with Crippen LogP contribution in [0.4, 0.5) is 20.2 Å². The van der Waals surface area contributed by atoms with E-state index < -0.39 is 33.6 Å². The van der Waals surface area contributed by atoms with E-state index in [4.69, 9.17) is 9.47 Å². The Labute approximate surface area is 161 Å². The van der Waals surface area contributed by atoms with Crippen LogP contribution in [0.2, 0.25) is 0 Å².